The first-order valence-corrected chi connectivity index (χ1v) is 5.82. The van der Waals surface area contributed by atoms with Gasteiger partial charge in [-0.25, -0.2) is 9.78 Å². The second kappa shape index (κ2) is 5.20. The van der Waals surface area contributed by atoms with Crippen LogP contribution in [0, 0.1) is 0 Å². The highest BCUT2D eigenvalue weighted by Gasteiger charge is 2.29. The van der Waals surface area contributed by atoms with Crippen molar-refractivity contribution in [3.63, 3.8) is 0 Å². The molecule has 6 heteroatoms. The number of hydrogen-bond acceptors (Lipinski definition) is 3. The number of carbonyl (C=O) groups excluding carboxylic acids is 1. The summed E-state index contributed by atoms with van der Waals surface area (Å²) in [6.45, 7) is 7.60. The number of amides is 1. The van der Waals surface area contributed by atoms with Gasteiger partial charge >= 0.3 is 6.09 Å². The predicted octanol–water partition coefficient (Wildman–Crippen LogP) is 1.86. The van der Waals surface area contributed by atoms with Crippen LogP contribution in [-0.4, -0.2) is 43.5 Å². The molecule has 0 bridgehead atoms. The lowest BCUT2D eigenvalue weighted by Crippen LogP contribution is -2.47. The summed E-state index contributed by atoms with van der Waals surface area (Å²) in [5.41, 5.74) is -0.620. The summed E-state index contributed by atoms with van der Waals surface area (Å²) in [5, 5.41) is 9.13. The third-order valence-electron chi connectivity index (χ3n) is 2.65. The van der Waals surface area contributed by atoms with E-state index in [9.17, 15) is 9.59 Å². The summed E-state index contributed by atoms with van der Waals surface area (Å²) in [6, 6.07) is 0. The monoisotopic (exact) mass is 253 g/mol. The molecule has 0 saturated carbocycles. The van der Waals surface area contributed by atoms with Crippen molar-refractivity contribution in [2.75, 3.05) is 6.54 Å². The first-order valence-electron chi connectivity index (χ1n) is 5.82. The standard InChI is InChI=1S/C12H19N3O3/c1-5-14-7-6-13-10(14)9(16)8-15(11(17)18)12(2,3)4/h6-7H,5,8H2,1-4H3,(H,17,18). The van der Waals surface area contributed by atoms with Crippen LogP contribution in [0.5, 0.6) is 0 Å². The molecule has 1 amide bonds. The summed E-state index contributed by atoms with van der Waals surface area (Å²) in [7, 11) is 0. The van der Waals surface area contributed by atoms with Crippen LogP contribution < -0.4 is 0 Å². The molecule has 0 atom stereocenters. The summed E-state index contributed by atoms with van der Waals surface area (Å²) < 4.78 is 1.70. The van der Waals surface area contributed by atoms with Crippen LogP contribution in [-0.2, 0) is 6.54 Å². The van der Waals surface area contributed by atoms with Crippen LogP contribution in [0.15, 0.2) is 12.4 Å². The van der Waals surface area contributed by atoms with Gasteiger partial charge in [0.2, 0.25) is 5.78 Å². The molecule has 18 heavy (non-hydrogen) atoms. The molecule has 0 fully saturated rings. The predicted molar refractivity (Wildman–Crippen MR) is 66.7 cm³/mol. The number of carboxylic acid groups (broad SMARTS) is 1. The Morgan fingerprint density at radius 3 is 2.50 bits per heavy atom. The van der Waals surface area contributed by atoms with Crippen LogP contribution >= 0.6 is 0 Å². The number of nitrogens with zero attached hydrogens (tertiary/aromatic N) is 3. The maximum atomic E-state index is 12.1. The maximum Gasteiger partial charge on any atom is 0.408 e. The number of ketones is 1. The number of imidazole rings is 1. The zero-order chi connectivity index (χ0) is 13.9. The second-order valence-electron chi connectivity index (χ2n) is 5.00. The topological polar surface area (TPSA) is 75.4 Å². The van der Waals surface area contributed by atoms with Gasteiger partial charge in [0.05, 0.1) is 6.54 Å². The summed E-state index contributed by atoms with van der Waals surface area (Å²) in [5.74, 6) is 0.00664. The van der Waals surface area contributed by atoms with Crippen molar-refractivity contribution in [3.8, 4) is 0 Å². The number of rotatable bonds is 4. The fraction of sp³-hybridized carbons (Fsp3) is 0.583. The molecule has 100 valence electrons. The quantitative estimate of drug-likeness (QED) is 0.831. The highest BCUT2D eigenvalue weighted by molar-refractivity contribution is 5.96. The van der Waals surface area contributed by atoms with E-state index in [1.54, 1.807) is 37.7 Å². The maximum absolute atomic E-state index is 12.1. The van der Waals surface area contributed by atoms with E-state index < -0.39 is 11.6 Å². The normalized spacial score (nSPS) is 11.3. The Morgan fingerprint density at radius 2 is 2.06 bits per heavy atom. The third-order valence-corrected chi connectivity index (χ3v) is 2.65. The van der Waals surface area contributed by atoms with E-state index >= 15 is 0 Å². The molecule has 0 radical (unpaired) electrons. The highest BCUT2D eigenvalue weighted by atomic mass is 16.4. The van der Waals surface area contributed by atoms with Gasteiger partial charge < -0.3 is 9.67 Å². The first kappa shape index (κ1) is 14.2. The van der Waals surface area contributed by atoms with Crippen molar-refractivity contribution < 1.29 is 14.7 Å². The molecule has 0 saturated heterocycles. The van der Waals surface area contributed by atoms with E-state index in [4.69, 9.17) is 5.11 Å². The third kappa shape index (κ3) is 3.09. The Labute approximate surface area is 106 Å². The molecule has 0 unspecified atom stereocenters. The van der Waals surface area contributed by atoms with Crippen molar-refractivity contribution in [1.29, 1.82) is 0 Å². The summed E-state index contributed by atoms with van der Waals surface area (Å²) in [4.78, 5) is 28.3. The second-order valence-corrected chi connectivity index (χ2v) is 5.00. The molecule has 0 spiro atoms. The van der Waals surface area contributed by atoms with Crippen molar-refractivity contribution >= 4 is 11.9 Å². The minimum absolute atomic E-state index is 0.185. The van der Waals surface area contributed by atoms with Gasteiger partial charge in [0.1, 0.15) is 0 Å². The SMILES string of the molecule is CCn1ccnc1C(=O)CN(C(=O)O)C(C)(C)C. The van der Waals surface area contributed by atoms with Gasteiger partial charge in [-0.1, -0.05) is 0 Å². The van der Waals surface area contributed by atoms with Gasteiger partial charge in [0.15, 0.2) is 5.82 Å². The molecular weight excluding hydrogens is 234 g/mol. The molecule has 1 heterocycles. The molecule has 1 aromatic rings. The van der Waals surface area contributed by atoms with Crippen LogP contribution in [0.4, 0.5) is 4.79 Å². The molecule has 0 aliphatic heterocycles. The molecule has 0 aliphatic carbocycles. The molecule has 6 nitrogen and oxygen atoms in total. The lowest BCUT2D eigenvalue weighted by molar-refractivity contribution is 0.0755. The van der Waals surface area contributed by atoms with Crippen LogP contribution in [0.2, 0.25) is 0 Å². The molecular formula is C12H19N3O3. The van der Waals surface area contributed by atoms with E-state index in [-0.39, 0.29) is 12.3 Å². The van der Waals surface area contributed by atoms with Crippen LogP contribution in [0.1, 0.15) is 38.3 Å². The van der Waals surface area contributed by atoms with Gasteiger partial charge in [-0.3, -0.25) is 9.69 Å². The average molecular weight is 253 g/mol. The zero-order valence-electron chi connectivity index (χ0n) is 11.2. The van der Waals surface area contributed by atoms with Crippen LogP contribution in [0.3, 0.4) is 0 Å². The molecule has 0 aromatic carbocycles. The summed E-state index contributed by atoms with van der Waals surface area (Å²) >= 11 is 0. The number of carbonyl (C=O) groups is 2. The van der Waals surface area contributed by atoms with E-state index in [2.05, 4.69) is 4.98 Å². The minimum atomic E-state index is -1.11. The van der Waals surface area contributed by atoms with Gasteiger partial charge in [-0.05, 0) is 27.7 Å². The Morgan fingerprint density at radius 1 is 1.44 bits per heavy atom. The number of hydrogen-bond donors (Lipinski definition) is 1. The Bertz CT molecular complexity index is 446. The van der Waals surface area contributed by atoms with E-state index in [0.29, 0.717) is 12.4 Å². The van der Waals surface area contributed by atoms with Crippen molar-refractivity contribution in [2.24, 2.45) is 0 Å². The fourth-order valence-corrected chi connectivity index (χ4v) is 1.62. The molecule has 1 rings (SSSR count). The van der Waals surface area contributed by atoms with Crippen molar-refractivity contribution in [3.05, 3.63) is 18.2 Å². The highest BCUT2D eigenvalue weighted by Crippen LogP contribution is 2.14. The Balaban J connectivity index is 2.89. The Hall–Kier alpha value is -1.85. The first-order chi connectivity index (χ1) is 8.27. The molecule has 1 aromatic heterocycles. The van der Waals surface area contributed by atoms with Crippen molar-refractivity contribution in [1.82, 2.24) is 14.5 Å². The smallest absolute Gasteiger partial charge is 0.408 e. The van der Waals surface area contributed by atoms with E-state index in [1.165, 1.54) is 0 Å². The largest absolute Gasteiger partial charge is 0.465 e. The van der Waals surface area contributed by atoms with Gasteiger partial charge in [-0.2, -0.15) is 0 Å². The Kier molecular flexibility index (Phi) is 4.11. The van der Waals surface area contributed by atoms with Crippen LogP contribution in [0.25, 0.3) is 0 Å². The fourth-order valence-electron chi connectivity index (χ4n) is 1.62. The molecule has 0 aliphatic rings. The van der Waals surface area contributed by atoms with Gasteiger partial charge in [-0.15, -0.1) is 0 Å². The number of aryl methyl sites for hydroxylation is 1. The number of aromatic nitrogens is 2. The van der Waals surface area contributed by atoms with Gasteiger partial charge in [0.25, 0.3) is 0 Å². The lowest BCUT2D eigenvalue weighted by Gasteiger charge is -2.32. The van der Waals surface area contributed by atoms with Gasteiger partial charge in [0, 0.05) is 24.5 Å². The minimum Gasteiger partial charge on any atom is -0.465 e. The van der Waals surface area contributed by atoms with E-state index in [1.807, 2.05) is 6.92 Å². The van der Waals surface area contributed by atoms with Crippen molar-refractivity contribution in [2.45, 2.75) is 39.8 Å². The lowest BCUT2D eigenvalue weighted by atomic mass is 10.1. The van der Waals surface area contributed by atoms with E-state index in [0.717, 1.165) is 4.90 Å². The average Bonchev–Trinajstić information content (AvgIpc) is 2.71. The number of Topliss-reactive ketones (excluding diaryl/α,β-unsaturated/α-hetero) is 1. The summed E-state index contributed by atoms with van der Waals surface area (Å²) in [6.07, 6.45) is 2.14. The zero-order valence-corrected chi connectivity index (χ0v) is 11.2. The molecule has 1 N–H and O–H groups in total.